The van der Waals surface area contributed by atoms with Crippen LogP contribution >= 0.6 is 0 Å². The van der Waals surface area contributed by atoms with Gasteiger partial charge in [-0.3, -0.25) is 4.79 Å². The number of carbonyl (C=O) groups excluding carboxylic acids is 1. The van der Waals surface area contributed by atoms with Gasteiger partial charge < -0.3 is 15.7 Å². The fourth-order valence-corrected chi connectivity index (χ4v) is 1.44. The van der Waals surface area contributed by atoms with Crippen LogP contribution in [0.4, 0.5) is 0 Å². The van der Waals surface area contributed by atoms with Gasteiger partial charge in [-0.05, 0) is 26.7 Å². The highest BCUT2D eigenvalue weighted by molar-refractivity contribution is 5.91. The molecule has 1 atom stereocenters. The van der Waals surface area contributed by atoms with Gasteiger partial charge in [-0.2, -0.15) is 0 Å². The van der Waals surface area contributed by atoms with E-state index in [1.54, 1.807) is 11.1 Å². The minimum absolute atomic E-state index is 0.185. The second-order valence-electron chi connectivity index (χ2n) is 3.58. The van der Waals surface area contributed by atoms with Crippen molar-refractivity contribution in [1.29, 1.82) is 0 Å². The maximum atomic E-state index is 10.9. The lowest BCUT2D eigenvalue weighted by Crippen LogP contribution is -2.40. The molecule has 1 aliphatic heterocycles. The Morgan fingerprint density at radius 1 is 1.77 bits per heavy atom. The van der Waals surface area contributed by atoms with Crippen molar-refractivity contribution < 1.29 is 9.90 Å². The monoisotopic (exact) mass is 184 g/mol. The number of amides is 1. The maximum absolute atomic E-state index is 10.9. The summed E-state index contributed by atoms with van der Waals surface area (Å²) in [6.45, 7) is 3.92. The van der Waals surface area contributed by atoms with Gasteiger partial charge in [-0.1, -0.05) is 0 Å². The van der Waals surface area contributed by atoms with Gasteiger partial charge in [-0.25, -0.2) is 0 Å². The van der Waals surface area contributed by atoms with Crippen molar-refractivity contribution in [3.05, 3.63) is 11.8 Å². The predicted molar refractivity (Wildman–Crippen MR) is 49.5 cm³/mol. The molecule has 1 aliphatic rings. The SMILES string of the molecule is CC(C)N1C=C(C(N)=O)CCC1O. The molecule has 1 rings (SSSR count). The van der Waals surface area contributed by atoms with E-state index in [1.807, 2.05) is 13.8 Å². The Hall–Kier alpha value is -1.03. The molecule has 0 aromatic carbocycles. The van der Waals surface area contributed by atoms with E-state index < -0.39 is 12.1 Å². The fraction of sp³-hybridized carbons (Fsp3) is 0.667. The summed E-state index contributed by atoms with van der Waals surface area (Å²) in [6, 6.07) is 0.185. The van der Waals surface area contributed by atoms with Crippen LogP contribution < -0.4 is 5.73 Å². The zero-order valence-electron chi connectivity index (χ0n) is 8.03. The van der Waals surface area contributed by atoms with E-state index in [4.69, 9.17) is 5.73 Å². The second kappa shape index (κ2) is 3.79. The predicted octanol–water partition coefficient (Wildman–Crippen LogP) is 0.178. The molecule has 4 heteroatoms. The van der Waals surface area contributed by atoms with Gasteiger partial charge in [0.1, 0.15) is 6.23 Å². The van der Waals surface area contributed by atoms with E-state index in [1.165, 1.54) is 0 Å². The highest BCUT2D eigenvalue weighted by Gasteiger charge is 2.23. The second-order valence-corrected chi connectivity index (χ2v) is 3.58. The van der Waals surface area contributed by atoms with Crippen LogP contribution in [0.2, 0.25) is 0 Å². The molecule has 0 saturated heterocycles. The van der Waals surface area contributed by atoms with Crippen LogP contribution in [-0.4, -0.2) is 28.2 Å². The smallest absolute Gasteiger partial charge is 0.246 e. The molecule has 74 valence electrons. The van der Waals surface area contributed by atoms with Crippen molar-refractivity contribution in [2.45, 2.75) is 39.0 Å². The summed E-state index contributed by atoms with van der Waals surface area (Å²) in [6.07, 6.45) is 2.33. The first-order valence-electron chi connectivity index (χ1n) is 4.48. The van der Waals surface area contributed by atoms with E-state index in [9.17, 15) is 9.90 Å². The van der Waals surface area contributed by atoms with E-state index in [0.717, 1.165) is 0 Å². The Morgan fingerprint density at radius 3 is 2.85 bits per heavy atom. The summed E-state index contributed by atoms with van der Waals surface area (Å²) in [5, 5.41) is 9.57. The molecule has 0 spiro atoms. The lowest BCUT2D eigenvalue weighted by molar-refractivity contribution is -0.115. The Kier molecular flexibility index (Phi) is 2.93. The number of aliphatic hydroxyl groups is 1. The lowest BCUT2D eigenvalue weighted by atomic mass is 10.0. The van der Waals surface area contributed by atoms with Gasteiger partial charge in [0.05, 0.1) is 0 Å². The topological polar surface area (TPSA) is 66.6 Å². The normalized spacial score (nSPS) is 23.2. The number of hydrogen-bond acceptors (Lipinski definition) is 3. The summed E-state index contributed by atoms with van der Waals surface area (Å²) >= 11 is 0. The standard InChI is InChI=1S/C9H16N2O2/c1-6(2)11-5-7(9(10)13)3-4-8(11)12/h5-6,8,12H,3-4H2,1-2H3,(H2,10,13). The zero-order valence-corrected chi connectivity index (χ0v) is 8.03. The van der Waals surface area contributed by atoms with Crippen molar-refractivity contribution in [2.75, 3.05) is 0 Å². The molecular weight excluding hydrogens is 168 g/mol. The summed E-state index contributed by atoms with van der Waals surface area (Å²) in [7, 11) is 0. The van der Waals surface area contributed by atoms with Crippen molar-refractivity contribution in [2.24, 2.45) is 5.73 Å². The average Bonchev–Trinajstić information content (AvgIpc) is 2.04. The van der Waals surface area contributed by atoms with Crippen molar-refractivity contribution in [3.8, 4) is 0 Å². The van der Waals surface area contributed by atoms with Crippen LogP contribution in [0.15, 0.2) is 11.8 Å². The number of primary amides is 1. The Bertz CT molecular complexity index is 236. The quantitative estimate of drug-likeness (QED) is 0.643. The molecule has 1 amide bonds. The van der Waals surface area contributed by atoms with E-state index in [-0.39, 0.29) is 6.04 Å². The Labute approximate surface area is 78.0 Å². The van der Waals surface area contributed by atoms with Crippen LogP contribution in [-0.2, 0) is 4.79 Å². The molecule has 0 saturated carbocycles. The molecule has 3 N–H and O–H groups in total. The van der Waals surface area contributed by atoms with E-state index >= 15 is 0 Å². The number of hydrogen-bond donors (Lipinski definition) is 2. The van der Waals surface area contributed by atoms with Gasteiger partial charge in [0, 0.05) is 17.8 Å². The molecule has 0 radical (unpaired) electrons. The van der Waals surface area contributed by atoms with Gasteiger partial charge in [0.25, 0.3) is 0 Å². The number of rotatable bonds is 2. The van der Waals surface area contributed by atoms with Gasteiger partial charge in [0.2, 0.25) is 5.91 Å². The van der Waals surface area contributed by atoms with Crippen molar-refractivity contribution in [1.82, 2.24) is 4.90 Å². The molecule has 0 fully saturated rings. The molecule has 1 heterocycles. The first-order valence-corrected chi connectivity index (χ1v) is 4.48. The molecule has 1 unspecified atom stereocenters. The van der Waals surface area contributed by atoms with Crippen LogP contribution in [0.25, 0.3) is 0 Å². The van der Waals surface area contributed by atoms with Gasteiger partial charge in [-0.15, -0.1) is 0 Å². The summed E-state index contributed by atoms with van der Waals surface area (Å²) in [4.78, 5) is 12.6. The summed E-state index contributed by atoms with van der Waals surface area (Å²) < 4.78 is 0. The highest BCUT2D eigenvalue weighted by Crippen LogP contribution is 2.20. The third kappa shape index (κ3) is 2.21. The van der Waals surface area contributed by atoms with Crippen LogP contribution in [0.5, 0.6) is 0 Å². The molecule has 0 bridgehead atoms. The molecule has 0 aromatic rings. The average molecular weight is 184 g/mol. The van der Waals surface area contributed by atoms with Crippen LogP contribution in [0.3, 0.4) is 0 Å². The summed E-state index contributed by atoms with van der Waals surface area (Å²) in [5.74, 6) is -0.391. The molecular formula is C9H16N2O2. The lowest BCUT2D eigenvalue weighted by Gasteiger charge is -2.34. The minimum Gasteiger partial charge on any atom is -0.374 e. The largest absolute Gasteiger partial charge is 0.374 e. The van der Waals surface area contributed by atoms with Crippen LogP contribution in [0, 0.1) is 0 Å². The number of carbonyl (C=O) groups is 1. The van der Waals surface area contributed by atoms with Gasteiger partial charge in [0.15, 0.2) is 0 Å². The molecule has 4 nitrogen and oxygen atoms in total. The van der Waals surface area contributed by atoms with E-state index in [2.05, 4.69) is 0 Å². The minimum atomic E-state index is -0.483. The van der Waals surface area contributed by atoms with Crippen molar-refractivity contribution >= 4 is 5.91 Å². The fourth-order valence-electron chi connectivity index (χ4n) is 1.44. The molecule has 13 heavy (non-hydrogen) atoms. The molecule has 0 aliphatic carbocycles. The number of aliphatic hydroxyl groups excluding tert-OH is 1. The van der Waals surface area contributed by atoms with Crippen molar-refractivity contribution in [3.63, 3.8) is 0 Å². The first kappa shape index (κ1) is 10.1. The van der Waals surface area contributed by atoms with Crippen LogP contribution in [0.1, 0.15) is 26.7 Å². The molecule has 0 aromatic heterocycles. The first-order chi connectivity index (χ1) is 6.02. The number of nitrogens with two attached hydrogens (primary N) is 1. The maximum Gasteiger partial charge on any atom is 0.246 e. The Balaban J connectivity index is 2.81. The number of nitrogens with zero attached hydrogens (tertiary/aromatic N) is 1. The van der Waals surface area contributed by atoms with E-state index in [0.29, 0.717) is 18.4 Å². The highest BCUT2D eigenvalue weighted by atomic mass is 16.3. The summed E-state index contributed by atoms with van der Waals surface area (Å²) in [5.41, 5.74) is 5.76. The third-order valence-corrected chi connectivity index (χ3v) is 2.23. The van der Waals surface area contributed by atoms with Gasteiger partial charge >= 0.3 is 0 Å². The third-order valence-electron chi connectivity index (χ3n) is 2.23. The zero-order chi connectivity index (χ0) is 10.0. The Morgan fingerprint density at radius 2 is 2.38 bits per heavy atom.